The van der Waals surface area contributed by atoms with Crippen LogP contribution in [0.4, 0.5) is 0 Å². The molecule has 4 aromatic rings. The van der Waals surface area contributed by atoms with E-state index in [0.29, 0.717) is 12.1 Å². The van der Waals surface area contributed by atoms with E-state index < -0.39 is 0 Å². The van der Waals surface area contributed by atoms with Crippen LogP contribution in [0, 0.1) is 13.8 Å². The van der Waals surface area contributed by atoms with Crippen molar-refractivity contribution in [2.45, 2.75) is 20.4 Å². The molecule has 0 saturated heterocycles. The lowest BCUT2D eigenvalue weighted by molar-refractivity contribution is -0.117. The summed E-state index contributed by atoms with van der Waals surface area (Å²) in [6, 6.07) is 18.9. The SMILES string of the molecule is Cc1ccccc1C(=O)N/C(=C\c1cccs1)C(=O)NCc1ccccc1-n1ccnc1C. The molecule has 0 unspecified atom stereocenters. The van der Waals surface area contributed by atoms with E-state index in [1.807, 2.05) is 78.5 Å². The van der Waals surface area contributed by atoms with E-state index >= 15 is 0 Å². The minimum atomic E-state index is -0.359. The molecule has 2 aromatic carbocycles. The summed E-state index contributed by atoms with van der Waals surface area (Å²) in [6.45, 7) is 4.10. The lowest BCUT2D eigenvalue weighted by atomic mass is 10.1. The second-order valence-electron chi connectivity index (χ2n) is 7.50. The predicted molar refractivity (Wildman–Crippen MR) is 131 cm³/mol. The molecule has 0 aliphatic carbocycles. The van der Waals surface area contributed by atoms with E-state index in [0.717, 1.165) is 27.5 Å². The Morgan fingerprint density at radius 2 is 1.82 bits per heavy atom. The minimum absolute atomic E-state index is 0.196. The Morgan fingerprint density at radius 1 is 1.03 bits per heavy atom. The van der Waals surface area contributed by atoms with E-state index in [-0.39, 0.29) is 17.5 Å². The Morgan fingerprint density at radius 3 is 2.55 bits per heavy atom. The largest absolute Gasteiger partial charge is 0.347 e. The van der Waals surface area contributed by atoms with E-state index in [2.05, 4.69) is 15.6 Å². The standard InChI is InChI=1S/C26H24N4O2S/c1-18-8-3-5-11-22(18)25(31)29-23(16-21-10-7-15-33-21)26(32)28-17-20-9-4-6-12-24(20)30-14-13-27-19(30)2/h3-16H,17H2,1-2H3,(H,28,32)(H,29,31)/b23-16-. The summed E-state index contributed by atoms with van der Waals surface area (Å²) >= 11 is 1.49. The van der Waals surface area contributed by atoms with Gasteiger partial charge in [0.1, 0.15) is 11.5 Å². The molecule has 6 nitrogen and oxygen atoms in total. The molecular weight excluding hydrogens is 432 g/mol. The van der Waals surface area contributed by atoms with Crippen LogP contribution in [0.5, 0.6) is 0 Å². The molecule has 2 heterocycles. The second kappa shape index (κ2) is 10.1. The van der Waals surface area contributed by atoms with Crippen LogP contribution in [0.1, 0.15) is 32.2 Å². The van der Waals surface area contributed by atoms with Crippen LogP contribution in [0.2, 0.25) is 0 Å². The Hall–Kier alpha value is -3.97. The highest BCUT2D eigenvalue weighted by Gasteiger charge is 2.17. The van der Waals surface area contributed by atoms with Gasteiger partial charge in [0.2, 0.25) is 0 Å². The maximum absolute atomic E-state index is 13.2. The molecule has 0 aliphatic heterocycles. The van der Waals surface area contributed by atoms with Crippen LogP contribution in [0.25, 0.3) is 11.8 Å². The smallest absolute Gasteiger partial charge is 0.268 e. The molecule has 0 radical (unpaired) electrons. The molecule has 4 rings (SSSR count). The number of carbonyl (C=O) groups is 2. The summed E-state index contributed by atoms with van der Waals surface area (Å²) in [4.78, 5) is 31.2. The van der Waals surface area contributed by atoms with Crippen molar-refractivity contribution in [3.8, 4) is 5.69 Å². The number of hydrogen-bond donors (Lipinski definition) is 2. The van der Waals surface area contributed by atoms with Gasteiger partial charge >= 0.3 is 0 Å². The second-order valence-corrected chi connectivity index (χ2v) is 8.48. The minimum Gasteiger partial charge on any atom is -0.347 e. The van der Waals surface area contributed by atoms with Crippen LogP contribution >= 0.6 is 11.3 Å². The van der Waals surface area contributed by atoms with Crippen molar-refractivity contribution in [2.75, 3.05) is 0 Å². The van der Waals surface area contributed by atoms with Crippen LogP contribution in [0.15, 0.2) is 84.1 Å². The highest BCUT2D eigenvalue weighted by molar-refractivity contribution is 7.10. The predicted octanol–water partition coefficient (Wildman–Crippen LogP) is 4.64. The lowest BCUT2D eigenvalue weighted by Gasteiger charge is -2.15. The molecule has 166 valence electrons. The van der Waals surface area contributed by atoms with Gasteiger partial charge in [0.25, 0.3) is 11.8 Å². The first kappa shape index (κ1) is 22.2. The number of aryl methyl sites for hydroxylation is 2. The average molecular weight is 457 g/mol. The van der Waals surface area contributed by atoms with Gasteiger partial charge in [0.15, 0.2) is 0 Å². The molecule has 2 aromatic heterocycles. The summed E-state index contributed by atoms with van der Waals surface area (Å²) in [5.41, 5.74) is 3.45. The van der Waals surface area contributed by atoms with Crippen molar-refractivity contribution in [1.82, 2.24) is 20.2 Å². The van der Waals surface area contributed by atoms with Gasteiger partial charge in [-0.1, -0.05) is 42.5 Å². The van der Waals surface area contributed by atoms with Crippen LogP contribution in [-0.4, -0.2) is 21.4 Å². The number of carbonyl (C=O) groups excluding carboxylic acids is 2. The number of imidazole rings is 1. The van der Waals surface area contributed by atoms with Crippen LogP contribution < -0.4 is 10.6 Å². The molecule has 0 atom stereocenters. The fraction of sp³-hybridized carbons (Fsp3) is 0.115. The van der Waals surface area contributed by atoms with Gasteiger partial charge in [0, 0.05) is 29.4 Å². The van der Waals surface area contributed by atoms with Gasteiger partial charge in [-0.05, 0) is 54.6 Å². The number of aromatic nitrogens is 2. The molecule has 0 saturated carbocycles. The third kappa shape index (κ3) is 5.27. The fourth-order valence-corrected chi connectivity index (χ4v) is 4.15. The Labute approximate surface area is 196 Å². The molecular formula is C26H24N4O2S. The van der Waals surface area contributed by atoms with E-state index in [1.54, 1.807) is 24.4 Å². The number of hydrogen-bond acceptors (Lipinski definition) is 4. The zero-order valence-corrected chi connectivity index (χ0v) is 19.2. The summed E-state index contributed by atoms with van der Waals surface area (Å²) in [7, 11) is 0. The molecule has 33 heavy (non-hydrogen) atoms. The van der Waals surface area contributed by atoms with E-state index in [4.69, 9.17) is 0 Å². The molecule has 0 bridgehead atoms. The monoisotopic (exact) mass is 456 g/mol. The van der Waals surface area contributed by atoms with Gasteiger partial charge < -0.3 is 15.2 Å². The molecule has 7 heteroatoms. The van der Waals surface area contributed by atoms with Crippen molar-refractivity contribution in [3.05, 3.63) is 112 Å². The third-order valence-electron chi connectivity index (χ3n) is 5.23. The van der Waals surface area contributed by atoms with Crippen molar-refractivity contribution < 1.29 is 9.59 Å². The summed E-state index contributed by atoms with van der Waals surface area (Å²) < 4.78 is 1.98. The fourth-order valence-electron chi connectivity index (χ4n) is 3.49. The first-order chi connectivity index (χ1) is 16.0. The maximum Gasteiger partial charge on any atom is 0.268 e. The van der Waals surface area contributed by atoms with Crippen LogP contribution in [-0.2, 0) is 11.3 Å². The van der Waals surface area contributed by atoms with E-state index in [9.17, 15) is 9.59 Å². The van der Waals surface area contributed by atoms with Gasteiger partial charge in [-0.2, -0.15) is 0 Å². The van der Waals surface area contributed by atoms with Gasteiger partial charge in [-0.3, -0.25) is 9.59 Å². The molecule has 0 aliphatic rings. The number of thiophene rings is 1. The van der Waals surface area contributed by atoms with E-state index in [1.165, 1.54) is 11.3 Å². The number of amides is 2. The Kier molecular flexibility index (Phi) is 6.80. The number of benzene rings is 2. The Bertz CT molecular complexity index is 1310. The van der Waals surface area contributed by atoms with Crippen LogP contribution in [0.3, 0.4) is 0 Å². The average Bonchev–Trinajstić information content (AvgIpc) is 3.49. The zero-order valence-electron chi connectivity index (χ0n) is 18.4. The summed E-state index contributed by atoms with van der Waals surface area (Å²) in [6.07, 6.45) is 5.33. The highest BCUT2D eigenvalue weighted by atomic mass is 32.1. The summed E-state index contributed by atoms with van der Waals surface area (Å²) in [5.74, 6) is 0.181. The first-order valence-corrected chi connectivity index (χ1v) is 11.4. The maximum atomic E-state index is 13.2. The molecule has 0 fully saturated rings. The number of nitrogens with one attached hydrogen (secondary N) is 2. The molecule has 0 spiro atoms. The first-order valence-electron chi connectivity index (χ1n) is 10.5. The van der Waals surface area contributed by atoms with Gasteiger partial charge in [-0.25, -0.2) is 4.98 Å². The van der Waals surface area contributed by atoms with Crippen molar-refractivity contribution in [3.63, 3.8) is 0 Å². The van der Waals surface area contributed by atoms with Gasteiger partial charge in [-0.15, -0.1) is 11.3 Å². The number of rotatable bonds is 7. The Balaban J connectivity index is 1.55. The number of nitrogens with zero attached hydrogens (tertiary/aromatic N) is 2. The summed E-state index contributed by atoms with van der Waals surface area (Å²) in [5, 5.41) is 7.68. The van der Waals surface area contributed by atoms with Crippen molar-refractivity contribution in [1.29, 1.82) is 0 Å². The highest BCUT2D eigenvalue weighted by Crippen LogP contribution is 2.17. The third-order valence-corrected chi connectivity index (χ3v) is 6.05. The normalized spacial score (nSPS) is 11.3. The molecule has 2 N–H and O–H groups in total. The number of para-hydroxylation sites is 1. The zero-order chi connectivity index (χ0) is 23.2. The van der Waals surface area contributed by atoms with Gasteiger partial charge in [0.05, 0.1) is 5.69 Å². The van der Waals surface area contributed by atoms with Crippen molar-refractivity contribution in [2.24, 2.45) is 0 Å². The van der Waals surface area contributed by atoms with Crippen molar-refractivity contribution >= 4 is 29.2 Å². The quantitative estimate of drug-likeness (QED) is 0.398. The molecule has 2 amide bonds. The topological polar surface area (TPSA) is 76.0 Å². The lowest BCUT2D eigenvalue weighted by Crippen LogP contribution is -2.35.